The molecule has 0 aliphatic carbocycles. The van der Waals surface area contributed by atoms with Crippen molar-refractivity contribution in [1.82, 2.24) is 0 Å². The van der Waals surface area contributed by atoms with Gasteiger partial charge < -0.3 is 11.0 Å². The van der Waals surface area contributed by atoms with E-state index < -0.39 is 0 Å². The molecule has 0 bridgehead atoms. The summed E-state index contributed by atoms with van der Waals surface area (Å²) in [5, 5.41) is 0. The number of hydrogen-bond donors (Lipinski definition) is 0. The van der Waals surface area contributed by atoms with Crippen LogP contribution < -0.4 is 0 Å². The molecule has 0 aromatic heterocycles. The fraction of sp³-hybridized carbons (Fsp3) is 1.00. The Labute approximate surface area is 82.4 Å². The maximum Gasteiger partial charge on any atom is 0 e. The summed E-state index contributed by atoms with van der Waals surface area (Å²) in [6, 6.07) is 0. The molecule has 0 heterocycles. The van der Waals surface area contributed by atoms with Gasteiger partial charge in [-0.2, -0.15) is 0 Å². The van der Waals surface area contributed by atoms with Crippen molar-refractivity contribution in [3.63, 3.8) is 0 Å². The van der Waals surface area contributed by atoms with Crippen molar-refractivity contribution in [3.8, 4) is 0 Å². The Morgan fingerprint density at radius 1 is 0.875 bits per heavy atom. The van der Waals surface area contributed by atoms with Gasteiger partial charge in [0, 0.05) is 36.8 Å². The third-order valence-electron chi connectivity index (χ3n) is 0. The number of hydrogen-bond acceptors (Lipinski definition) is 1. The van der Waals surface area contributed by atoms with Gasteiger partial charge in [0.25, 0.3) is 0 Å². The van der Waals surface area contributed by atoms with Crippen molar-refractivity contribution >= 4 is 33.6 Å². The van der Waals surface area contributed by atoms with Crippen LogP contribution in [0.15, 0.2) is 0 Å². The van der Waals surface area contributed by atoms with Crippen LogP contribution in [-0.2, 0) is 23.3 Å². The van der Waals surface area contributed by atoms with E-state index in [4.69, 9.17) is 3.80 Å². The monoisotopic (exact) mass is 241 g/mol. The zero-order chi connectivity index (χ0) is 2.00. The second-order valence-electron chi connectivity index (χ2n) is 0. The van der Waals surface area contributed by atoms with Gasteiger partial charge in [0.2, 0.25) is 0 Å². The molecule has 0 fully saturated rings. The maximum atomic E-state index is 8.17. The molecule has 0 saturated carbocycles. The van der Waals surface area contributed by atoms with Crippen LogP contribution >= 0.6 is 0 Å². The van der Waals surface area contributed by atoms with E-state index in [1.54, 1.807) is 0 Å². The third-order valence-corrected chi connectivity index (χ3v) is 0. The minimum Gasteiger partial charge on any atom is 0 e. The molecule has 4 N–H and O–H groups in total. The van der Waals surface area contributed by atoms with E-state index in [9.17, 15) is 0 Å². The van der Waals surface area contributed by atoms with E-state index in [-0.39, 0.29) is 62.6 Å². The largest absolute Gasteiger partial charge is 0 e. The molecule has 0 aliphatic rings. The van der Waals surface area contributed by atoms with Crippen LogP contribution in [0.5, 0.6) is 0 Å². The van der Waals surface area contributed by atoms with E-state index >= 15 is 0 Å². The van der Waals surface area contributed by atoms with Gasteiger partial charge in [-0.3, -0.25) is 0 Å². The van der Waals surface area contributed by atoms with Gasteiger partial charge in [-0.15, -0.1) is 0 Å². The van der Waals surface area contributed by atoms with Crippen LogP contribution in [0.4, 0.5) is 0 Å². The second kappa shape index (κ2) is 233. The first-order valence-corrected chi connectivity index (χ1v) is 0.707. The van der Waals surface area contributed by atoms with Crippen LogP contribution in [0.1, 0.15) is 14.9 Å². The average molecular weight is 241 g/mol. The molecule has 0 rings (SSSR count). The van der Waals surface area contributed by atoms with Crippen molar-refractivity contribution in [2.45, 2.75) is 14.9 Å². The Bertz CT molecular complexity index is 15.2. The van der Waals surface area contributed by atoms with Crippen LogP contribution in [-0.4, -0.2) is 44.5 Å². The normalized spacial score (nSPS) is 0.375. The minimum atomic E-state index is 0. The van der Waals surface area contributed by atoms with Gasteiger partial charge in [0.05, 0.1) is 0 Å². The predicted octanol–water partition coefficient (Wildman–Crippen LogP) is -1.26. The standard InChI is InChI=1S/2CH4.2Al.2H2O.O.Rh/h2*1H4;;;2*1H2;;. The van der Waals surface area contributed by atoms with Gasteiger partial charge >= 0.3 is 20.0 Å². The molecule has 0 aliphatic heterocycles. The average Bonchev–Trinajstić information content (AvgIpc) is 1.00. The Morgan fingerprint density at radius 3 is 0.875 bits per heavy atom. The molecule has 6 heteroatoms. The number of rotatable bonds is 0. The molecule has 5 radical (unpaired) electrons. The molecule has 3 nitrogen and oxygen atoms in total. The first-order chi connectivity index (χ1) is 1.00. The fourth-order valence-electron chi connectivity index (χ4n) is 0. The molecular formula is C2H12Al2O3Rh. The van der Waals surface area contributed by atoms with Crippen molar-refractivity contribution in [2.75, 3.05) is 0 Å². The summed E-state index contributed by atoms with van der Waals surface area (Å²) in [5.41, 5.74) is 0. The summed E-state index contributed by atoms with van der Waals surface area (Å²) >= 11 is 1.17. The van der Waals surface area contributed by atoms with Crippen molar-refractivity contribution < 1.29 is 34.2 Å². The molecule has 0 aromatic carbocycles. The molecule has 0 atom stereocenters. The van der Waals surface area contributed by atoms with Crippen molar-refractivity contribution in [3.05, 3.63) is 0 Å². The smallest absolute Gasteiger partial charge is 0 e. The topological polar surface area (TPSA) is 80.1 Å². The summed E-state index contributed by atoms with van der Waals surface area (Å²) in [6.45, 7) is 0. The van der Waals surface area contributed by atoms with Gasteiger partial charge in [0.15, 0.2) is 0 Å². The second-order valence-corrected chi connectivity index (χ2v) is 0. The Balaban J connectivity index is -0.000000000333. The maximum absolute atomic E-state index is 8.17. The van der Waals surface area contributed by atoms with Gasteiger partial charge in [-0.25, -0.2) is 0 Å². The van der Waals surface area contributed by atoms with Crippen LogP contribution in [0, 0.1) is 0 Å². The summed E-state index contributed by atoms with van der Waals surface area (Å²) in [4.78, 5) is 0. The Hall–Kier alpha value is 1.41. The third kappa shape index (κ3) is 153. The van der Waals surface area contributed by atoms with Crippen LogP contribution in [0.3, 0.4) is 0 Å². The van der Waals surface area contributed by atoms with Gasteiger partial charge in [-0.1, -0.05) is 14.9 Å². The van der Waals surface area contributed by atoms with Gasteiger partial charge in [0.1, 0.15) is 0 Å². The minimum absolute atomic E-state index is 0. The zero-order valence-electron chi connectivity index (χ0n) is 2.90. The van der Waals surface area contributed by atoms with E-state index in [1.807, 2.05) is 0 Å². The first kappa shape index (κ1) is 115. The molecule has 53 valence electrons. The molecule has 0 unspecified atom stereocenters. The summed E-state index contributed by atoms with van der Waals surface area (Å²) in [6.07, 6.45) is 0. The Morgan fingerprint density at radius 2 is 0.875 bits per heavy atom. The molecule has 0 saturated heterocycles. The van der Waals surface area contributed by atoms with Crippen molar-refractivity contribution in [2.24, 2.45) is 0 Å². The van der Waals surface area contributed by atoms with Gasteiger partial charge in [-0.05, 0) is 0 Å². The summed E-state index contributed by atoms with van der Waals surface area (Å²) in [7, 11) is 0. The summed E-state index contributed by atoms with van der Waals surface area (Å²) in [5.74, 6) is 0. The van der Waals surface area contributed by atoms with Crippen molar-refractivity contribution in [1.29, 1.82) is 0 Å². The fourth-order valence-corrected chi connectivity index (χ4v) is 0. The summed E-state index contributed by atoms with van der Waals surface area (Å²) < 4.78 is 8.17. The molecule has 0 spiro atoms. The predicted molar refractivity (Wildman–Crippen MR) is 32.9 cm³/mol. The van der Waals surface area contributed by atoms with Crippen LogP contribution in [0.2, 0.25) is 0 Å². The van der Waals surface area contributed by atoms with E-state index in [1.165, 1.54) is 16.2 Å². The molecule has 0 aromatic rings. The SMILES string of the molecule is C.C.O.O.[Al].[O]=[Al].[Rh]. The molecule has 0 amide bonds. The first-order valence-electron chi connectivity index (χ1n) is 0.236. The van der Waals surface area contributed by atoms with E-state index in [2.05, 4.69) is 0 Å². The quantitative estimate of drug-likeness (QED) is 0.487. The van der Waals surface area contributed by atoms with E-state index in [0.29, 0.717) is 0 Å². The molecular weight excluding hydrogens is 229 g/mol. The van der Waals surface area contributed by atoms with E-state index in [0.717, 1.165) is 0 Å². The zero-order valence-corrected chi connectivity index (χ0v) is 6.84. The van der Waals surface area contributed by atoms with Crippen LogP contribution in [0.25, 0.3) is 0 Å². The Kier molecular flexibility index (Phi) is 3340. The molecule has 8 heavy (non-hydrogen) atoms.